The molecular formula is C17H18N2O5. The highest BCUT2D eigenvalue weighted by molar-refractivity contribution is 5.96. The number of benzene rings is 1. The Balaban J connectivity index is 1.81. The minimum absolute atomic E-state index is 0.201. The molecule has 7 nitrogen and oxygen atoms in total. The van der Waals surface area contributed by atoms with E-state index in [1.807, 2.05) is 0 Å². The molecule has 0 atom stereocenters. The standard InChI is InChI=1S/C17H18N2O5/c1-3-22-17(21)13-6-8-14(9-7-13)24-11-16(20)19-18-12(2)15-5-4-10-23-15/h4-10H,3,11H2,1-2H3,(H,19,20). The molecule has 0 saturated carbocycles. The maximum Gasteiger partial charge on any atom is 0.338 e. The van der Waals surface area contributed by atoms with Crippen LogP contribution in [0.4, 0.5) is 0 Å². The number of rotatable bonds is 7. The SMILES string of the molecule is CCOC(=O)c1ccc(OCC(=O)NN=C(C)c2ccco2)cc1. The van der Waals surface area contributed by atoms with E-state index < -0.39 is 11.9 Å². The van der Waals surface area contributed by atoms with Crippen LogP contribution in [0.2, 0.25) is 0 Å². The number of ether oxygens (including phenoxy) is 2. The molecule has 0 aliphatic heterocycles. The predicted molar refractivity (Wildman–Crippen MR) is 87.0 cm³/mol. The van der Waals surface area contributed by atoms with Crippen molar-refractivity contribution in [2.45, 2.75) is 13.8 Å². The topological polar surface area (TPSA) is 90.1 Å². The fraction of sp³-hybridized carbons (Fsp3) is 0.235. The van der Waals surface area contributed by atoms with Crippen molar-refractivity contribution in [2.75, 3.05) is 13.2 Å². The number of nitrogens with one attached hydrogen (secondary N) is 1. The Morgan fingerprint density at radius 2 is 1.96 bits per heavy atom. The number of hydrogen-bond donors (Lipinski definition) is 1. The summed E-state index contributed by atoms with van der Waals surface area (Å²) < 4.78 is 15.4. The van der Waals surface area contributed by atoms with Crippen LogP contribution in [0.25, 0.3) is 0 Å². The van der Waals surface area contributed by atoms with Gasteiger partial charge in [-0.15, -0.1) is 0 Å². The number of esters is 1. The Bertz CT molecular complexity index is 705. The lowest BCUT2D eigenvalue weighted by Crippen LogP contribution is -2.25. The Labute approximate surface area is 139 Å². The van der Waals surface area contributed by atoms with E-state index in [4.69, 9.17) is 13.9 Å². The molecule has 1 heterocycles. The Morgan fingerprint density at radius 3 is 2.58 bits per heavy atom. The number of hydrogen-bond acceptors (Lipinski definition) is 6. The maximum atomic E-state index is 11.7. The predicted octanol–water partition coefficient (Wildman–Crippen LogP) is 2.38. The molecule has 0 unspecified atom stereocenters. The van der Waals surface area contributed by atoms with E-state index in [0.717, 1.165) is 0 Å². The summed E-state index contributed by atoms with van der Waals surface area (Å²) in [6.07, 6.45) is 1.53. The first-order chi connectivity index (χ1) is 11.6. The summed E-state index contributed by atoms with van der Waals surface area (Å²) in [5.74, 6) is 0.232. The van der Waals surface area contributed by atoms with Crippen molar-refractivity contribution in [1.29, 1.82) is 0 Å². The van der Waals surface area contributed by atoms with Gasteiger partial charge in [0.15, 0.2) is 6.61 Å². The van der Waals surface area contributed by atoms with Crippen molar-refractivity contribution in [1.82, 2.24) is 5.43 Å². The summed E-state index contributed by atoms with van der Waals surface area (Å²) in [7, 11) is 0. The summed E-state index contributed by atoms with van der Waals surface area (Å²) in [4.78, 5) is 23.2. The number of nitrogens with zero attached hydrogens (tertiary/aromatic N) is 1. The Morgan fingerprint density at radius 1 is 1.21 bits per heavy atom. The number of amides is 1. The van der Waals surface area contributed by atoms with E-state index in [1.54, 1.807) is 50.2 Å². The van der Waals surface area contributed by atoms with Gasteiger partial charge in [-0.2, -0.15) is 5.10 Å². The molecule has 1 aromatic carbocycles. The van der Waals surface area contributed by atoms with Gasteiger partial charge in [-0.05, 0) is 50.2 Å². The van der Waals surface area contributed by atoms with Crippen LogP contribution in [-0.4, -0.2) is 30.8 Å². The second kappa shape index (κ2) is 8.52. The van der Waals surface area contributed by atoms with Crippen molar-refractivity contribution >= 4 is 17.6 Å². The molecule has 1 N–H and O–H groups in total. The molecule has 2 aromatic rings. The first-order valence-electron chi connectivity index (χ1n) is 7.37. The summed E-state index contributed by atoms with van der Waals surface area (Å²) in [6, 6.07) is 9.81. The minimum atomic E-state index is -0.407. The molecule has 0 aliphatic carbocycles. The second-order valence-electron chi connectivity index (χ2n) is 4.74. The lowest BCUT2D eigenvalue weighted by Gasteiger charge is -2.06. The highest BCUT2D eigenvalue weighted by Gasteiger charge is 2.07. The molecule has 0 fully saturated rings. The molecule has 2 rings (SSSR count). The highest BCUT2D eigenvalue weighted by atomic mass is 16.5. The second-order valence-corrected chi connectivity index (χ2v) is 4.74. The maximum absolute atomic E-state index is 11.7. The Hall–Kier alpha value is -3.09. The fourth-order valence-electron chi connectivity index (χ4n) is 1.77. The number of carbonyl (C=O) groups is 2. The van der Waals surface area contributed by atoms with Gasteiger partial charge in [0.05, 0.1) is 18.4 Å². The summed E-state index contributed by atoms with van der Waals surface area (Å²) in [5.41, 5.74) is 3.35. The zero-order valence-electron chi connectivity index (χ0n) is 13.4. The molecule has 0 bridgehead atoms. The van der Waals surface area contributed by atoms with Crippen molar-refractivity contribution in [3.8, 4) is 5.75 Å². The van der Waals surface area contributed by atoms with Crippen LogP contribution in [0.5, 0.6) is 5.75 Å². The van der Waals surface area contributed by atoms with E-state index in [0.29, 0.717) is 29.4 Å². The molecule has 0 saturated heterocycles. The van der Waals surface area contributed by atoms with Crippen molar-refractivity contribution in [3.63, 3.8) is 0 Å². The third-order valence-corrected chi connectivity index (χ3v) is 2.96. The van der Waals surface area contributed by atoms with Gasteiger partial charge in [0.1, 0.15) is 17.2 Å². The summed E-state index contributed by atoms with van der Waals surface area (Å²) in [5, 5.41) is 3.92. The smallest absolute Gasteiger partial charge is 0.338 e. The zero-order valence-corrected chi connectivity index (χ0v) is 13.4. The number of carbonyl (C=O) groups excluding carboxylic acids is 2. The quantitative estimate of drug-likeness (QED) is 0.478. The zero-order chi connectivity index (χ0) is 17.4. The minimum Gasteiger partial charge on any atom is -0.484 e. The first-order valence-corrected chi connectivity index (χ1v) is 7.37. The molecule has 126 valence electrons. The van der Waals surface area contributed by atoms with Gasteiger partial charge in [-0.3, -0.25) is 4.79 Å². The molecule has 24 heavy (non-hydrogen) atoms. The van der Waals surface area contributed by atoms with Crippen LogP contribution in [0.15, 0.2) is 52.2 Å². The van der Waals surface area contributed by atoms with Gasteiger partial charge in [0.2, 0.25) is 0 Å². The van der Waals surface area contributed by atoms with E-state index in [2.05, 4.69) is 10.5 Å². The molecular weight excluding hydrogens is 312 g/mol. The number of furan rings is 1. The molecule has 1 amide bonds. The Kier molecular flexibility index (Phi) is 6.13. The normalized spacial score (nSPS) is 11.0. The van der Waals surface area contributed by atoms with Gasteiger partial charge >= 0.3 is 5.97 Å². The fourth-order valence-corrected chi connectivity index (χ4v) is 1.77. The van der Waals surface area contributed by atoms with Crippen molar-refractivity contribution in [2.24, 2.45) is 5.10 Å². The molecule has 7 heteroatoms. The van der Waals surface area contributed by atoms with Crippen LogP contribution in [-0.2, 0) is 9.53 Å². The van der Waals surface area contributed by atoms with Crippen molar-refractivity contribution < 1.29 is 23.5 Å². The largest absolute Gasteiger partial charge is 0.484 e. The third kappa shape index (κ3) is 4.98. The van der Waals surface area contributed by atoms with Gasteiger partial charge in [0, 0.05) is 0 Å². The van der Waals surface area contributed by atoms with Gasteiger partial charge in [-0.1, -0.05) is 0 Å². The average Bonchev–Trinajstić information content (AvgIpc) is 3.13. The highest BCUT2D eigenvalue weighted by Crippen LogP contribution is 2.12. The molecule has 0 aliphatic rings. The molecule has 0 spiro atoms. The van der Waals surface area contributed by atoms with E-state index >= 15 is 0 Å². The molecule has 0 radical (unpaired) electrons. The van der Waals surface area contributed by atoms with E-state index in [9.17, 15) is 9.59 Å². The van der Waals surface area contributed by atoms with Crippen LogP contribution in [0, 0.1) is 0 Å². The molecule has 1 aromatic heterocycles. The van der Waals surface area contributed by atoms with Crippen LogP contribution < -0.4 is 10.2 Å². The first kappa shape index (κ1) is 17.3. The van der Waals surface area contributed by atoms with Gasteiger partial charge < -0.3 is 13.9 Å². The summed E-state index contributed by atoms with van der Waals surface area (Å²) in [6.45, 7) is 3.57. The monoisotopic (exact) mass is 330 g/mol. The average molecular weight is 330 g/mol. The third-order valence-electron chi connectivity index (χ3n) is 2.96. The van der Waals surface area contributed by atoms with E-state index in [1.165, 1.54) is 6.26 Å². The van der Waals surface area contributed by atoms with E-state index in [-0.39, 0.29) is 6.61 Å². The van der Waals surface area contributed by atoms with Crippen LogP contribution >= 0.6 is 0 Å². The van der Waals surface area contributed by atoms with Crippen LogP contribution in [0.1, 0.15) is 30.0 Å². The van der Waals surface area contributed by atoms with Gasteiger partial charge in [0.25, 0.3) is 5.91 Å². The van der Waals surface area contributed by atoms with Gasteiger partial charge in [-0.25, -0.2) is 10.2 Å². The van der Waals surface area contributed by atoms with Crippen LogP contribution in [0.3, 0.4) is 0 Å². The lowest BCUT2D eigenvalue weighted by molar-refractivity contribution is -0.123. The lowest BCUT2D eigenvalue weighted by atomic mass is 10.2. The summed E-state index contributed by atoms with van der Waals surface area (Å²) >= 11 is 0. The van der Waals surface area contributed by atoms with Crippen molar-refractivity contribution in [3.05, 3.63) is 54.0 Å². The number of hydrazone groups is 1.